The van der Waals surface area contributed by atoms with Gasteiger partial charge in [-0.25, -0.2) is 0 Å². The predicted octanol–water partition coefficient (Wildman–Crippen LogP) is 5.19. The number of fused-ring (bicyclic) bond motifs is 1. The number of aromatic nitrogens is 1. The standard InChI is InChI=1S/C20H18ClNO/c1-2-19(15-5-7-18(21)8-6-15)20(23)12-14-3-4-17-13-22-10-9-16(17)11-14/h3-11,13,19H,2,12H2,1H3/t19-/m1/s1. The summed E-state index contributed by atoms with van der Waals surface area (Å²) in [5, 5.41) is 2.90. The Morgan fingerprint density at radius 2 is 1.87 bits per heavy atom. The fraction of sp³-hybridized carbons (Fsp3) is 0.200. The molecule has 0 aliphatic rings. The van der Waals surface area contributed by atoms with E-state index in [0.717, 1.165) is 28.3 Å². The molecule has 1 atom stereocenters. The Morgan fingerprint density at radius 1 is 1.09 bits per heavy atom. The van der Waals surface area contributed by atoms with Crippen LogP contribution in [0.15, 0.2) is 60.9 Å². The first-order chi connectivity index (χ1) is 11.2. The zero-order chi connectivity index (χ0) is 16.2. The van der Waals surface area contributed by atoms with E-state index in [-0.39, 0.29) is 11.7 Å². The van der Waals surface area contributed by atoms with Crippen LogP contribution in [0.5, 0.6) is 0 Å². The van der Waals surface area contributed by atoms with E-state index in [1.54, 1.807) is 6.20 Å². The van der Waals surface area contributed by atoms with Gasteiger partial charge in [0, 0.05) is 35.1 Å². The first kappa shape index (κ1) is 15.7. The summed E-state index contributed by atoms with van der Waals surface area (Å²) in [5.41, 5.74) is 2.08. The van der Waals surface area contributed by atoms with E-state index in [0.29, 0.717) is 11.4 Å². The van der Waals surface area contributed by atoms with Crippen LogP contribution in [0, 0.1) is 0 Å². The van der Waals surface area contributed by atoms with Crippen molar-refractivity contribution in [1.29, 1.82) is 0 Å². The van der Waals surface area contributed by atoms with Crippen LogP contribution in [-0.4, -0.2) is 10.8 Å². The SMILES string of the molecule is CC[C@@H](C(=O)Cc1ccc2cnccc2c1)c1ccc(Cl)cc1. The van der Waals surface area contributed by atoms with Crippen LogP contribution in [0.1, 0.15) is 30.4 Å². The van der Waals surface area contributed by atoms with Crippen molar-refractivity contribution in [3.05, 3.63) is 77.1 Å². The first-order valence-corrected chi connectivity index (χ1v) is 8.16. The van der Waals surface area contributed by atoms with Crippen LogP contribution in [0.4, 0.5) is 0 Å². The number of halogens is 1. The van der Waals surface area contributed by atoms with Crippen LogP contribution < -0.4 is 0 Å². The van der Waals surface area contributed by atoms with Gasteiger partial charge in [-0.3, -0.25) is 9.78 Å². The molecule has 0 saturated carbocycles. The summed E-state index contributed by atoms with van der Waals surface area (Å²) >= 11 is 5.93. The number of Topliss-reactive ketones (excluding diaryl/α,β-unsaturated/α-hetero) is 1. The number of ketones is 1. The van der Waals surface area contributed by atoms with E-state index in [2.05, 4.69) is 11.1 Å². The third kappa shape index (κ3) is 3.59. The van der Waals surface area contributed by atoms with Crippen molar-refractivity contribution in [1.82, 2.24) is 4.98 Å². The monoisotopic (exact) mass is 323 g/mol. The minimum Gasteiger partial charge on any atom is -0.299 e. The van der Waals surface area contributed by atoms with Crippen LogP contribution in [-0.2, 0) is 11.2 Å². The van der Waals surface area contributed by atoms with Crippen LogP contribution >= 0.6 is 11.6 Å². The van der Waals surface area contributed by atoms with E-state index in [1.165, 1.54) is 0 Å². The number of rotatable bonds is 5. The van der Waals surface area contributed by atoms with Gasteiger partial charge in [0.2, 0.25) is 0 Å². The normalized spacial score (nSPS) is 12.3. The summed E-state index contributed by atoms with van der Waals surface area (Å²) in [4.78, 5) is 16.8. The molecule has 3 rings (SSSR count). The fourth-order valence-corrected chi connectivity index (χ4v) is 3.04. The van der Waals surface area contributed by atoms with Gasteiger partial charge in [0.05, 0.1) is 0 Å². The largest absolute Gasteiger partial charge is 0.299 e. The maximum absolute atomic E-state index is 12.7. The minimum absolute atomic E-state index is 0.0830. The lowest BCUT2D eigenvalue weighted by Crippen LogP contribution is -2.14. The first-order valence-electron chi connectivity index (χ1n) is 7.78. The van der Waals surface area contributed by atoms with Crippen LogP contribution in [0.2, 0.25) is 5.02 Å². The summed E-state index contributed by atoms with van der Waals surface area (Å²) in [6.07, 6.45) is 4.84. The molecule has 0 radical (unpaired) electrons. The second-order valence-corrected chi connectivity index (χ2v) is 6.15. The molecular formula is C20H18ClNO. The van der Waals surface area contributed by atoms with Crippen molar-refractivity contribution in [2.45, 2.75) is 25.7 Å². The van der Waals surface area contributed by atoms with Gasteiger partial charge in [0.25, 0.3) is 0 Å². The minimum atomic E-state index is -0.0830. The number of carbonyl (C=O) groups is 1. The Balaban J connectivity index is 1.81. The average molecular weight is 324 g/mol. The average Bonchev–Trinajstić information content (AvgIpc) is 2.57. The van der Waals surface area contributed by atoms with Crippen molar-refractivity contribution in [3.8, 4) is 0 Å². The van der Waals surface area contributed by atoms with Crippen molar-refractivity contribution in [3.63, 3.8) is 0 Å². The van der Waals surface area contributed by atoms with Crippen molar-refractivity contribution in [2.24, 2.45) is 0 Å². The summed E-state index contributed by atoms with van der Waals surface area (Å²) in [7, 11) is 0. The molecule has 0 bridgehead atoms. The van der Waals surface area contributed by atoms with E-state index in [9.17, 15) is 4.79 Å². The van der Waals surface area contributed by atoms with Crippen molar-refractivity contribution < 1.29 is 4.79 Å². The van der Waals surface area contributed by atoms with Crippen LogP contribution in [0.3, 0.4) is 0 Å². The highest BCUT2D eigenvalue weighted by molar-refractivity contribution is 6.30. The van der Waals surface area contributed by atoms with Crippen molar-refractivity contribution >= 4 is 28.2 Å². The number of carbonyl (C=O) groups excluding carboxylic acids is 1. The number of benzene rings is 2. The van der Waals surface area contributed by atoms with E-state index in [1.807, 2.05) is 55.6 Å². The lowest BCUT2D eigenvalue weighted by atomic mass is 9.89. The molecule has 3 aromatic rings. The fourth-order valence-electron chi connectivity index (χ4n) is 2.91. The molecule has 3 heteroatoms. The summed E-state index contributed by atoms with van der Waals surface area (Å²) in [5.74, 6) is 0.156. The second kappa shape index (κ2) is 6.93. The summed E-state index contributed by atoms with van der Waals surface area (Å²) in [6.45, 7) is 2.04. The van der Waals surface area contributed by atoms with Gasteiger partial charge in [0.1, 0.15) is 5.78 Å². The molecule has 2 aromatic carbocycles. The van der Waals surface area contributed by atoms with E-state index in [4.69, 9.17) is 11.6 Å². The highest BCUT2D eigenvalue weighted by Crippen LogP contribution is 2.25. The third-order valence-corrected chi connectivity index (χ3v) is 4.40. The Morgan fingerprint density at radius 3 is 2.61 bits per heavy atom. The Kier molecular flexibility index (Phi) is 4.73. The lowest BCUT2D eigenvalue weighted by molar-refractivity contribution is -0.119. The molecule has 0 N–H and O–H groups in total. The summed E-state index contributed by atoms with van der Waals surface area (Å²) in [6, 6.07) is 15.7. The third-order valence-electron chi connectivity index (χ3n) is 4.15. The molecule has 0 fully saturated rings. The van der Waals surface area contributed by atoms with Gasteiger partial charge in [-0.1, -0.05) is 48.9 Å². The van der Waals surface area contributed by atoms with Gasteiger partial charge >= 0.3 is 0 Å². The molecule has 0 aliphatic heterocycles. The van der Waals surface area contributed by atoms with Gasteiger partial charge in [0.15, 0.2) is 0 Å². The maximum atomic E-state index is 12.7. The zero-order valence-electron chi connectivity index (χ0n) is 13.0. The molecular weight excluding hydrogens is 306 g/mol. The molecule has 0 aliphatic carbocycles. The zero-order valence-corrected chi connectivity index (χ0v) is 13.8. The quantitative estimate of drug-likeness (QED) is 0.646. The molecule has 0 unspecified atom stereocenters. The Labute approximate surface area is 141 Å². The smallest absolute Gasteiger partial charge is 0.144 e. The van der Waals surface area contributed by atoms with Gasteiger partial charge in [-0.15, -0.1) is 0 Å². The molecule has 0 amide bonds. The number of hydrogen-bond acceptors (Lipinski definition) is 2. The molecule has 0 saturated heterocycles. The maximum Gasteiger partial charge on any atom is 0.144 e. The number of nitrogens with zero attached hydrogens (tertiary/aromatic N) is 1. The molecule has 1 aromatic heterocycles. The molecule has 0 spiro atoms. The van der Waals surface area contributed by atoms with Gasteiger partial charge in [-0.2, -0.15) is 0 Å². The highest BCUT2D eigenvalue weighted by Gasteiger charge is 2.18. The number of hydrogen-bond donors (Lipinski definition) is 0. The van der Waals surface area contributed by atoms with Crippen molar-refractivity contribution in [2.75, 3.05) is 0 Å². The Bertz CT molecular complexity index is 826. The van der Waals surface area contributed by atoms with E-state index < -0.39 is 0 Å². The predicted molar refractivity (Wildman–Crippen MR) is 94.9 cm³/mol. The van der Waals surface area contributed by atoms with E-state index >= 15 is 0 Å². The van der Waals surface area contributed by atoms with Crippen LogP contribution in [0.25, 0.3) is 10.8 Å². The molecule has 2 nitrogen and oxygen atoms in total. The lowest BCUT2D eigenvalue weighted by Gasteiger charge is -2.14. The molecule has 116 valence electrons. The topological polar surface area (TPSA) is 30.0 Å². The molecule has 1 heterocycles. The molecule has 23 heavy (non-hydrogen) atoms. The summed E-state index contributed by atoms with van der Waals surface area (Å²) < 4.78 is 0. The number of pyridine rings is 1. The highest BCUT2D eigenvalue weighted by atomic mass is 35.5. The Hall–Kier alpha value is -2.19. The van der Waals surface area contributed by atoms with Gasteiger partial charge in [-0.05, 0) is 41.1 Å². The van der Waals surface area contributed by atoms with Gasteiger partial charge < -0.3 is 0 Å². The second-order valence-electron chi connectivity index (χ2n) is 5.71.